The number of rotatable bonds is 2. The van der Waals surface area contributed by atoms with Crippen LogP contribution in [0.1, 0.15) is 13.8 Å². The van der Waals surface area contributed by atoms with Crippen LogP contribution in [0, 0.1) is 0 Å². The maximum Gasteiger partial charge on any atom is 0.329 e. The van der Waals surface area contributed by atoms with E-state index in [1.54, 1.807) is 12.2 Å². The average Bonchev–Trinajstić information content (AvgIpc) is 2.30. The number of esters is 1. The van der Waals surface area contributed by atoms with Crippen LogP contribution in [0.3, 0.4) is 0 Å². The molecule has 0 radical (unpaired) electrons. The molecule has 2 N–H and O–H groups in total. The third-order valence-corrected chi connectivity index (χ3v) is 0.468. The molecule has 0 unspecified atom stereocenters. The number of ether oxygens (including phenoxy) is 1. The molecule has 16 heavy (non-hydrogen) atoms. The first-order valence-corrected chi connectivity index (χ1v) is 4.62. The van der Waals surface area contributed by atoms with Crippen LogP contribution in [0.25, 0.3) is 0 Å². The van der Waals surface area contributed by atoms with Crippen molar-refractivity contribution in [2.75, 3.05) is 20.3 Å². The van der Waals surface area contributed by atoms with E-state index in [4.69, 9.17) is 10.2 Å². The van der Waals surface area contributed by atoms with Gasteiger partial charge in [-0.2, -0.15) is 0 Å². The van der Waals surface area contributed by atoms with Crippen LogP contribution in [0.5, 0.6) is 0 Å². The lowest BCUT2D eigenvalue weighted by Gasteiger charge is -1.83. The molecular formula is C12H24O4. The molecule has 0 saturated heterocycles. The maximum atomic E-state index is 9.84. The van der Waals surface area contributed by atoms with Gasteiger partial charge in [0, 0.05) is 6.08 Å². The lowest BCUT2D eigenvalue weighted by atomic mass is 10.7. The normalized spacial score (nSPS) is 6.06. The van der Waals surface area contributed by atoms with E-state index in [9.17, 15) is 4.79 Å². The van der Waals surface area contributed by atoms with Crippen LogP contribution < -0.4 is 0 Å². The monoisotopic (exact) mass is 232 g/mol. The Morgan fingerprint density at radius 1 is 1.12 bits per heavy atom. The zero-order valence-corrected chi connectivity index (χ0v) is 10.5. The summed E-state index contributed by atoms with van der Waals surface area (Å²) < 4.78 is 4.14. The minimum absolute atomic E-state index is 0.125. The average molecular weight is 232 g/mol. The first kappa shape index (κ1) is 24.0. The molecule has 0 aromatic rings. The zero-order valence-electron chi connectivity index (χ0n) is 10.5. The van der Waals surface area contributed by atoms with Crippen molar-refractivity contribution in [3.8, 4) is 0 Å². The Bertz CT molecular complexity index is 145. The van der Waals surface area contributed by atoms with Crippen molar-refractivity contribution in [2.24, 2.45) is 0 Å². The second-order valence-corrected chi connectivity index (χ2v) is 1.99. The smallest absolute Gasteiger partial charge is 0.329 e. The molecule has 0 saturated carbocycles. The van der Waals surface area contributed by atoms with E-state index in [0.29, 0.717) is 0 Å². The summed E-state index contributed by atoms with van der Waals surface area (Å²) in [5, 5.41) is 15.2. The van der Waals surface area contributed by atoms with Gasteiger partial charge in [0.2, 0.25) is 0 Å². The Labute approximate surface area is 98.6 Å². The Balaban J connectivity index is -0.0000000635. The summed E-state index contributed by atoms with van der Waals surface area (Å²) in [4.78, 5) is 9.84. The van der Waals surface area contributed by atoms with Gasteiger partial charge in [0.1, 0.15) is 0 Å². The summed E-state index contributed by atoms with van der Waals surface area (Å²) in [6.07, 6.45) is 4.61. The number of hydrogen-bond donors (Lipinski definition) is 2. The number of allylic oxidation sites excluding steroid dienone is 2. The Kier molecular flexibility index (Phi) is 56.1. The summed E-state index contributed by atoms with van der Waals surface area (Å²) >= 11 is 0. The molecule has 4 heteroatoms. The minimum atomic E-state index is -0.394. The Hall–Kier alpha value is -1.39. The molecule has 0 amide bonds. The van der Waals surface area contributed by atoms with Crippen molar-refractivity contribution in [1.29, 1.82) is 0 Å². The van der Waals surface area contributed by atoms with Crippen LogP contribution in [0.2, 0.25) is 0 Å². The van der Waals surface area contributed by atoms with Crippen LogP contribution in [0.15, 0.2) is 38.0 Å². The molecule has 0 aliphatic rings. The van der Waals surface area contributed by atoms with Gasteiger partial charge in [-0.15, -0.1) is 13.2 Å². The highest BCUT2D eigenvalue weighted by Gasteiger charge is 1.81. The highest BCUT2D eigenvalue weighted by molar-refractivity contribution is 5.80. The van der Waals surface area contributed by atoms with Crippen molar-refractivity contribution in [1.82, 2.24) is 0 Å². The highest BCUT2D eigenvalue weighted by Crippen LogP contribution is 1.67. The molecule has 0 aliphatic carbocycles. The predicted octanol–water partition coefficient (Wildman–Crippen LogP) is 1.70. The molecule has 0 rings (SSSR count). The van der Waals surface area contributed by atoms with Gasteiger partial charge in [0.15, 0.2) is 0 Å². The second kappa shape index (κ2) is 37.4. The molecule has 0 aromatic carbocycles. The molecule has 96 valence electrons. The molecule has 0 aromatic heterocycles. The van der Waals surface area contributed by atoms with E-state index < -0.39 is 5.97 Å². The Morgan fingerprint density at radius 2 is 1.38 bits per heavy atom. The van der Waals surface area contributed by atoms with Gasteiger partial charge < -0.3 is 14.9 Å². The first-order chi connectivity index (χ1) is 7.55. The van der Waals surface area contributed by atoms with E-state index in [1.165, 1.54) is 7.11 Å². The van der Waals surface area contributed by atoms with Gasteiger partial charge in [-0.25, -0.2) is 4.79 Å². The predicted molar refractivity (Wildman–Crippen MR) is 68.1 cm³/mol. The van der Waals surface area contributed by atoms with Gasteiger partial charge in [-0.05, 0) is 13.8 Å². The van der Waals surface area contributed by atoms with E-state index in [1.807, 2.05) is 13.8 Å². The third kappa shape index (κ3) is 130. The number of aliphatic hydroxyl groups is 2. The van der Waals surface area contributed by atoms with Crippen molar-refractivity contribution < 1.29 is 19.7 Å². The Morgan fingerprint density at radius 3 is 1.38 bits per heavy atom. The lowest BCUT2D eigenvalue weighted by Crippen LogP contribution is -1.91. The van der Waals surface area contributed by atoms with Gasteiger partial charge in [-0.1, -0.05) is 18.7 Å². The van der Waals surface area contributed by atoms with Crippen LogP contribution in [-0.2, 0) is 9.53 Å². The van der Waals surface area contributed by atoms with Crippen molar-refractivity contribution >= 4 is 5.97 Å². The molecule has 0 heterocycles. The number of hydrogen-bond acceptors (Lipinski definition) is 4. The van der Waals surface area contributed by atoms with Gasteiger partial charge in [-0.3, -0.25) is 0 Å². The van der Waals surface area contributed by atoms with Gasteiger partial charge in [0.25, 0.3) is 0 Å². The standard InChI is InChI=1S/C4H6O2.2C3H6.C2H6O2/c1-3-4(5)6-2;2*1-3-2;3-1-2-4/h3H,1H2,2H3;2*3H,1H2,2H3;3-4H,1-2H2. The summed E-state index contributed by atoms with van der Waals surface area (Å²) in [5.74, 6) is -0.394. The van der Waals surface area contributed by atoms with E-state index >= 15 is 0 Å². The third-order valence-electron chi connectivity index (χ3n) is 0.468. The van der Waals surface area contributed by atoms with Crippen LogP contribution in [-0.4, -0.2) is 36.5 Å². The van der Waals surface area contributed by atoms with E-state index in [-0.39, 0.29) is 13.2 Å². The zero-order chi connectivity index (χ0) is 13.8. The molecule has 0 atom stereocenters. The number of carbonyl (C=O) groups is 1. The lowest BCUT2D eigenvalue weighted by molar-refractivity contribution is -0.134. The molecular weight excluding hydrogens is 208 g/mol. The van der Waals surface area contributed by atoms with Gasteiger partial charge >= 0.3 is 5.97 Å². The number of carbonyl (C=O) groups excluding carboxylic acids is 1. The first-order valence-electron chi connectivity index (χ1n) is 4.62. The summed E-state index contributed by atoms with van der Waals surface area (Å²) in [6, 6.07) is 0. The fraction of sp³-hybridized carbons (Fsp3) is 0.417. The van der Waals surface area contributed by atoms with E-state index in [2.05, 4.69) is 24.5 Å². The van der Waals surface area contributed by atoms with Gasteiger partial charge in [0.05, 0.1) is 20.3 Å². The van der Waals surface area contributed by atoms with Crippen molar-refractivity contribution in [3.05, 3.63) is 38.0 Å². The maximum absolute atomic E-state index is 9.84. The molecule has 0 bridgehead atoms. The fourth-order valence-electron chi connectivity index (χ4n) is 0.0833. The minimum Gasteiger partial charge on any atom is -0.466 e. The van der Waals surface area contributed by atoms with Crippen LogP contribution in [0.4, 0.5) is 0 Å². The second-order valence-electron chi connectivity index (χ2n) is 1.99. The van der Waals surface area contributed by atoms with E-state index in [0.717, 1.165) is 6.08 Å². The molecule has 0 fully saturated rings. The van der Waals surface area contributed by atoms with Crippen LogP contribution >= 0.6 is 0 Å². The quantitative estimate of drug-likeness (QED) is 0.432. The largest absolute Gasteiger partial charge is 0.466 e. The fourth-order valence-corrected chi connectivity index (χ4v) is 0.0833. The topological polar surface area (TPSA) is 66.8 Å². The molecule has 0 spiro atoms. The molecule has 0 aliphatic heterocycles. The molecule has 4 nitrogen and oxygen atoms in total. The van der Waals surface area contributed by atoms with Crippen molar-refractivity contribution in [2.45, 2.75) is 13.8 Å². The summed E-state index contributed by atoms with van der Waals surface area (Å²) in [5.41, 5.74) is 0. The summed E-state index contributed by atoms with van der Waals surface area (Å²) in [7, 11) is 1.31. The van der Waals surface area contributed by atoms with Crippen molar-refractivity contribution in [3.63, 3.8) is 0 Å². The number of aliphatic hydroxyl groups excluding tert-OH is 2. The highest BCUT2D eigenvalue weighted by atomic mass is 16.5. The number of methoxy groups -OCH3 is 1. The summed E-state index contributed by atoms with van der Waals surface area (Å²) in [6.45, 7) is 13.4. The SMILES string of the molecule is C=CC.C=CC.C=CC(=O)OC.OCCO.